The first-order chi connectivity index (χ1) is 5.89. The lowest BCUT2D eigenvalue weighted by Crippen LogP contribution is -2.31. The fourth-order valence-corrected chi connectivity index (χ4v) is 2.31. The zero-order valence-electron chi connectivity index (χ0n) is 8.34. The van der Waals surface area contributed by atoms with Crippen molar-refractivity contribution < 1.29 is 4.79 Å². The van der Waals surface area contributed by atoms with E-state index >= 15 is 0 Å². The first-order valence-corrected chi connectivity index (χ1v) is 4.95. The number of nitrogens with one attached hydrogen (secondary N) is 1. The number of amides is 1. The minimum Gasteiger partial charge on any atom is -0.305 e. The molecule has 0 atom stereocenters. The maximum absolute atomic E-state index is 10.8. The van der Waals surface area contributed by atoms with Crippen LogP contribution in [0.4, 0.5) is 0 Å². The quantitative estimate of drug-likeness (QED) is 0.646. The van der Waals surface area contributed by atoms with Crippen molar-refractivity contribution in [2.24, 2.45) is 4.99 Å². The average molecular weight is 198 g/mol. The Hall–Kier alpha value is -0.770. The minimum absolute atomic E-state index is 0.0175. The second-order valence-electron chi connectivity index (χ2n) is 3.59. The molecule has 1 amide bonds. The van der Waals surface area contributed by atoms with Gasteiger partial charge in [0.2, 0.25) is 5.91 Å². The molecule has 0 fully saturated rings. The molecule has 0 unspecified atom stereocenters. The van der Waals surface area contributed by atoms with Gasteiger partial charge in [0, 0.05) is 17.4 Å². The predicted octanol–water partition coefficient (Wildman–Crippen LogP) is 1.91. The van der Waals surface area contributed by atoms with Crippen LogP contribution in [0, 0.1) is 0 Å². The van der Waals surface area contributed by atoms with E-state index in [-0.39, 0.29) is 10.7 Å². The van der Waals surface area contributed by atoms with Crippen molar-refractivity contribution in [2.45, 2.75) is 32.4 Å². The molecule has 0 aromatic carbocycles. The van der Waals surface area contributed by atoms with Crippen LogP contribution in [0.5, 0.6) is 0 Å². The Morgan fingerprint density at radius 1 is 1.62 bits per heavy atom. The molecule has 3 nitrogen and oxygen atoms in total. The molecule has 0 aromatic rings. The summed E-state index contributed by atoms with van der Waals surface area (Å²) in [7, 11) is 0. The van der Waals surface area contributed by atoms with Crippen LogP contribution in [-0.4, -0.2) is 15.8 Å². The Morgan fingerprint density at radius 2 is 2.23 bits per heavy atom. The van der Waals surface area contributed by atoms with Crippen LogP contribution in [0.1, 0.15) is 27.7 Å². The first kappa shape index (κ1) is 10.3. The van der Waals surface area contributed by atoms with Gasteiger partial charge in [0.05, 0.1) is 0 Å². The second kappa shape index (κ2) is 3.54. The van der Waals surface area contributed by atoms with E-state index < -0.39 is 0 Å². The lowest BCUT2D eigenvalue weighted by Gasteiger charge is -2.24. The van der Waals surface area contributed by atoms with E-state index in [4.69, 9.17) is 0 Å². The third-order valence-electron chi connectivity index (χ3n) is 1.48. The molecule has 1 N–H and O–H groups in total. The number of allylic oxidation sites excluding steroid dienone is 1. The topological polar surface area (TPSA) is 41.5 Å². The summed E-state index contributed by atoms with van der Waals surface area (Å²) in [6.45, 7) is 7.61. The minimum atomic E-state index is -0.0725. The molecule has 0 bridgehead atoms. The standard InChI is InChI=1S/C9H14N2OS/c1-6-5-9(3,4)13-8(10-6)11-7(2)12/h5H,1-4H3,(H,10,11,12). The molecule has 0 spiro atoms. The van der Waals surface area contributed by atoms with Gasteiger partial charge in [0.1, 0.15) is 0 Å². The maximum Gasteiger partial charge on any atom is 0.222 e. The van der Waals surface area contributed by atoms with Gasteiger partial charge in [0.25, 0.3) is 0 Å². The number of rotatable bonds is 0. The van der Waals surface area contributed by atoms with E-state index in [0.717, 1.165) is 5.70 Å². The van der Waals surface area contributed by atoms with E-state index in [1.807, 2.05) is 6.92 Å². The van der Waals surface area contributed by atoms with Crippen molar-refractivity contribution in [2.75, 3.05) is 0 Å². The summed E-state index contributed by atoms with van der Waals surface area (Å²) in [6.07, 6.45) is 2.09. The Kier molecular flexibility index (Phi) is 2.81. The number of nitrogens with zero attached hydrogens (tertiary/aromatic N) is 1. The van der Waals surface area contributed by atoms with Crippen molar-refractivity contribution in [1.29, 1.82) is 0 Å². The van der Waals surface area contributed by atoms with E-state index in [2.05, 4.69) is 30.2 Å². The third-order valence-corrected chi connectivity index (χ3v) is 2.51. The van der Waals surface area contributed by atoms with E-state index in [9.17, 15) is 4.79 Å². The molecule has 0 aromatic heterocycles. The molecular weight excluding hydrogens is 184 g/mol. The Balaban J connectivity index is 2.79. The molecule has 0 aliphatic carbocycles. The van der Waals surface area contributed by atoms with Gasteiger partial charge in [-0.2, -0.15) is 0 Å². The van der Waals surface area contributed by atoms with Gasteiger partial charge >= 0.3 is 0 Å². The van der Waals surface area contributed by atoms with E-state index in [0.29, 0.717) is 5.17 Å². The normalized spacial score (nSPS) is 20.3. The third kappa shape index (κ3) is 3.22. The number of carbonyl (C=O) groups is 1. The van der Waals surface area contributed by atoms with Crippen molar-refractivity contribution in [3.8, 4) is 0 Å². The summed E-state index contributed by atoms with van der Waals surface area (Å²) in [4.78, 5) is 15.0. The Morgan fingerprint density at radius 3 is 2.69 bits per heavy atom. The highest BCUT2D eigenvalue weighted by Gasteiger charge is 2.23. The summed E-state index contributed by atoms with van der Waals surface area (Å²) in [5.74, 6) is -0.0725. The Bertz CT molecular complexity index is 292. The first-order valence-electron chi connectivity index (χ1n) is 4.14. The van der Waals surface area contributed by atoms with Gasteiger partial charge in [-0.15, -0.1) is 0 Å². The number of thioether (sulfide) groups is 1. The molecular formula is C9H14N2OS. The summed E-state index contributed by atoms with van der Waals surface area (Å²) < 4.78 is 0.0175. The molecule has 4 heteroatoms. The van der Waals surface area contributed by atoms with Crippen molar-refractivity contribution >= 4 is 22.8 Å². The lowest BCUT2D eigenvalue weighted by atomic mass is 10.2. The van der Waals surface area contributed by atoms with Gasteiger partial charge in [-0.25, -0.2) is 4.99 Å². The van der Waals surface area contributed by atoms with Gasteiger partial charge in [0.15, 0.2) is 5.17 Å². The van der Waals surface area contributed by atoms with Crippen LogP contribution in [0.25, 0.3) is 0 Å². The molecule has 0 saturated carbocycles. The lowest BCUT2D eigenvalue weighted by molar-refractivity contribution is -0.117. The average Bonchev–Trinajstić information content (AvgIpc) is 1.78. The molecule has 1 heterocycles. The summed E-state index contributed by atoms with van der Waals surface area (Å²) >= 11 is 1.56. The van der Waals surface area contributed by atoms with Crippen LogP contribution in [0.15, 0.2) is 16.8 Å². The fourth-order valence-electron chi connectivity index (χ4n) is 1.20. The predicted molar refractivity (Wildman–Crippen MR) is 56.7 cm³/mol. The zero-order valence-corrected chi connectivity index (χ0v) is 9.16. The summed E-state index contributed by atoms with van der Waals surface area (Å²) in [5, 5.41) is 3.39. The fraction of sp³-hybridized carbons (Fsp3) is 0.556. The van der Waals surface area contributed by atoms with Crippen LogP contribution in [0.3, 0.4) is 0 Å². The second-order valence-corrected chi connectivity index (χ2v) is 5.23. The van der Waals surface area contributed by atoms with Crippen LogP contribution in [-0.2, 0) is 4.79 Å². The highest BCUT2D eigenvalue weighted by molar-refractivity contribution is 8.15. The van der Waals surface area contributed by atoms with E-state index in [1.165, 1.54) is 6.92 Å². The number of hydrogen-bond donors (Lipinski definition) is 1. The molecule has 0 saturated heterocycles. The highest BCUT2D eigenvalue weighted by atomic mass is 32.2. The highest BCUT2D eigenvalue weighted by Crippen LogP contribution is 2.31. The molecule has 13 heavy (non-hydrogen) atoms. The van der Waals surface area contributed by atoms with Crippen LogP contribution < -0.4 is 5.32 Å². The summed E-state index contributed by atoms with van der Waals surface area (Å²) in [6, 6.07) is 0. The number of aliphatic imine (C=N–C) groups is 1. The van der Waals surface area contributed by atoms with Crippen molar-refractivity contribution in [3.63, 3.8) is 0 Å². The van der Waals surface area contributed by atoms with Gasteiger partial charge in [-0.05, 0) is 26.8 Å². The molecule has 1 aliphatic rings. The molecule has 1 rings (SSSR count). The monoisotopic (exact) mass is 198 g/mol. The largest absolute Gasteiger partial charge is 0.305 e. The summed E-state index contributed by atoms with van der Waals surface area (Å²) in [5.41, 5.74) is 0.951. The molecule has 1 aliphatic heterocycles. The van der Waals surface area contributed by atoms with E-state index in [1.54, 1.807) is 11.8 Å². The zero-order chi connectivity index (χ0) is 10.1. The molecule has 72 valence electrons. The maximum atomic E-state index is 10.8. The van der Waals surface area contributed by atoms with Gasteiger partial charge < -0.3 is 5.32 Å². The number of amidine groups is 1. The van der Waals surface area contributed by atoms with Crippen molar-refractivity contribution in [3.05, 3.63) is 11.8 Å². The SMILES string of the molecule is CC(=O)NC1=NC(C)=CC(C)(C)S1. The smallest absolute Gasteiger partial charge is 0.222 e. The van der Waals surface area contributed by atoms with Gasteiger partial charge in [-0.1, -0.05) is 11.8 Å². The van der Waals surface area contributed by atoms with Crippen molar-refractivity contribution in [1.82, 2.24) is 5.32 Å². The van der Waals surface area contributed by atoms with Crippen LogP contribution >= 0.6 is 11.8 Å². The number of hydrogen-bond acceptors (Lipinski definition) is 3. The Labute approximate surface area is 82.7 Å². The van der Waals surface area contributed by atoms with Gasteiger partial charge in [-0.3, -0.25) is 4.79 Å². The molecule has 0 radical (unpaired) electrons. The number of carbonyl (C=O) groups excluding carboxylic acids is 1. The van der Waals surface area contributed by atoms with Crippen LogP contribution in [0.2, 0.25) is 0 Å².